The summed E-state index contributed by atoms with van der Waals surface area (Å²) in [6.45, 7) is 9.48. The number of aryl methyl sites for hydroxylation is 2. The van der Waals surface area contributed by atoms with Gasteiger partial charge in [-0.3, -0.25) is 4.79 Å². The van der Waals surface area contributed by atoms with Crippen molar-refractivity contribution in [3.05, 3.63) is 35.5 Å². The first kappa shape index (κ1) is 18.9. The third-order valence-electron chi connectivity index (χ3n) is 5.30. The molecule has 1 amide bonds. The van der Waals surface area contributed by atoms with E-state index in [9.17, 15) is 4.79 Å². The molecule has 1 saturated heterocycles. The van der Waals surface area contributed by atoms with E-state index in [-0.39, 0.29) is 5.91 Å². The molecule has 0 unspecified atom stereocenters. The summed E-state index contributed by atoms with van der Waals surface area (Å²) in [4.78, 5) is 21.5. The summed E-state index contributed by atoms with van der Waals surface area (Å²) in [6.07, 6.45) is 2.71. The van der Waals surface area contributed by atoms with Gasteiger partial charge in [0.1, 0.15) is 0 Å². The van der Waals surface area contributed by atoms with Crippen molar-refractivity contribution in [2.45, 2.75) is 40.0 Å². The molecule has 3 aromatic rings. The zero-order valence-electron chi connectivity index (χ0n) is 16.8. The number of rotatable bonds is 5. The van der Waals surface area contributed by atoms with Crippen molar-refractivity contribution in [1.82, 2.24) is 19.7 Å². The van der Waals surface area contributed by atoms with Crippen molar-refractivity contribution in [1.29, 1.82) is 0 Å². The van der Waals surface area contributed by atoms with Crippen molar-refractivity contribution in [3.8, 4) is 5.69 Å². The van der Waals surface area contributed by atoms with Crippen molar-refractivity contribution in [3.63, 3.8) is 0 Å². The van der Waals surface area contributed by atoms with Crippen molar-refractivity contribution < 1.29 is 4.79 Å². The molecule has 7 heteroatoms. The van der Waals surface area contributed by atoms with Crippen LogP contribution in [0, 0.1) is 13.8 Å². The molecule has 0 radical (unpaired) electrons. The lowest BCUT2D eigenvalue weighted by Gasteiger charge is -2.34. The van der Waals surface area contributed by atoms with Crippen molar-refractivity contribution in [2.75, 3.05) is 31.1 Å². The Kier molecular flexibility index (Phi) is 5.35. The number of hydrogen-bond donors (Lipinski definition) is 0. The molecule has 3 heterocycles. The van der Waals surface area contributed by atoms with E-state index in [1.807, 2.05) is 16.5 Å². The van der Waals surface area contributed by atoms with Crippen molar-refractivity contribution >= 4 is 32.7 Å². The average molecular weight is 398 g/mol. The molecule has 28 heavy (non-hydrogen) atoms. The maximum absolute atomic E-state index is 12.3. The number of benzene rings is 1. The van der Waals surface area contributed by atoms with Gasteiger partial charge >= 0.3 is 0 Å². The van der Waals surface area contributed by atoms with Crippen molar-refractivity contribution in [2.24, 2.45) is 0 Å². The van der Waals surface area contributed by atoms with Crippen LogP contribution >= 0.6 is 11.3 Å². The largest absolute Gasteiger partial charge is 0.344 e. The van der Waals surface area contributed by atoms with Gasteiger partial charge in [-0.1, -0.05) is 42.4 Å². The van der Waals surface area contributed by atoms with E-state index >= 15 is 0 Å². The van der Waals surface area contributed by atoms with Gasteiger partial charge in [0.05, 0.1) is 16.1 Å². The highest BCUT2D eigenvalue weighted by atomic mass is 32.1. The second-order valence-electron chi connectivity index (χ2n) is 7.45. The molecule has 2 aromatic heterocycles. The van der Waals surface area contributed by atoms with Crippen LogP contribution in [0.25, 0.3) is 16.0 Å². The fraction of sp³-hybridized carbons (Fsp3) is 0.476. The first-order chi connectivity index (χ1) is 13.6. The number of carbonyl (C=O) groups excluding carboxylic acids is 1. The molecule has 0 spiro atoms. The number of anilines is 1. The third kappa shape index (κ3) is 3.63. The standard InChI is InChI=1S/C21H27N5OS/c1-4-5-6-18(27)24-11-13-25(14-12-24)21-22-20-19(28-21)16(3)23-26(20)17-9-7-15(2)8-10-17/h7-10H,4-6,11-14H2,1-3H3. The van der Waals surface area contributed by atoms with Gasteiger partial charge in [-0.25, -0.2) is 4.68 Å². The number of hydrogen-bond acceptors (Lipinski definition) is 5. The third-order valence-corrected chi connectivity index (χ3v) is 6.52. The van der Waals surface area contributed by atoms with E-state index in [2.05, 4.69) is 43.0 Å². The Morgan fingerprint density at radius 2 is 1.82 bits per heavy atom. The van der Waals surface area contributed by atoms with Crippen LogP contribution in [0.1, 0.15) is 37.4 Å². The molecule has 1 aliphatic rings. The molecule has 0 atom stereocenters. The normalized spacial score (nSPS) is 14.8. The number of nitrogens with zero attached hydrogens (tertiary/aromatic N) is 5. The molecule has 0 saturated carbocycles. The second kappa shape index (κ2) is 7.91. The highest BCUT2D eigenvalue weighted by Gasteiger charge is 2.24. The minimum atomic E-state index is 0.289. The van der Waals surface area contributed by atoms with Gasteiger partial charge in [0, 0.05) is 32.6 Å². The number of thiazole rings is 1. The Morgan fingerprint density at radius 3 is 2.50 bits per heavy atom. The van der Waals surface area contributed by atoms with E-state index in [4.69, 9.17) is 10.1 Å². The van der Waals surface area contributed by atoms with Crippen LogP contribution in [-0.2, 0) is 4.79 Å². The lowest BCUT2D eigenvalue weighted by Crippen LogP contribution is -2.48. The minimum absolute atomic E-state index is 0.289. The van der Waals surface area contributed by atoms with Gasteiger partial charge in [-0.15, -0.1) is 0 Å². The Bertz CT molecular complexity index is 967. The highest BCUT2D eigenvalue weighted by molar-refractivity contribution is 7.22. The summed E-state index contributed by atoms with van der Waals surface area (Å²) in [5, 5.41) is 5.72. The number of amides is 1. The Balaban J connectivity index is 1.52. The molecule has 1 aromatic carbocycles. The van der Waals surface area contributed by atoms with E-state index in [1.54, 1.807) is 11.3 Å². The molecular formula is C21H27N5OS. The summed E-state index contributed by atoms with van der Waals surface area (Å²) in [5.74, 6) is 0.289. The van der Waals surface area contributed by atoms with Crippen LogP contribution in [0.3, 0.4) is 0 Å². The zero-order chi connectivity index (χ0) is 19.7. The van der Waals surface area contributed by atoms with Crippen LogP contribution in [0.4, 0.5) is 5.13 Å². The van der Waals surface area contributed by atoms with Crippen LogP contribution in [0.15, 0.2) is 24.3 Å². The Hall–Kier alpha value is -2.41. The highest BCUT2D eigenvalue weighted by Crippen LogP contribution is 2.33. The lowest BCUT2D eigenvalue weighted by molar-refractivity contribution is -0.131. The molecule has 1 aliphatic heterocycles. The van der Waals surface area contributed by atoms with E-state index < -0.39 is 0 Å². The van der Waals surface area contributed by atoms with Crippen LogP contribution in [0.2, 0.25) is 0 Å². The summed E-state index contributed by atoms with van der Waals surface area (Å²) in [6, 6.07) is 8.36. The van der Waals surface area contributed by atoms with Crippen LogP contribution < -0.4 is 4.90 Å². The van der Waals surface area contributed by atoms with Gasteiger partial charge in [0.25, 0.3) is 0 Å². The summed E-state index contributed by atoms with van der Waals surface area (Å²) >= 11 is 1.70. The van der Waals surface area contributed by atoms with Crippen LogP contribution in [-0.4, -0.2) is 51.8 Å². The topological polar surface area (TPSA) is 54.3 Å². The van der Waals surface area contributed by atoms with Gasteiger partial charge < -0.3 is 9.80 Å². The molecule has 1 fully saturated rings. The smallest absolute Gasteiger partial charge is 0.222 e. The van der Waals surface area contributed by atoms with E-state index in [0.717, 1.165) is 65.9 Å². The van der Waals surface area contributed by atoms with Gasteiger partial charge in [0.2, 0.25) is 5.91 Å². The van der Waals surface area contributed by atoms with Gasteiger partial charge in [-0.05, 0) is 32.4 Å². The summed E-state index contributed by atoms with van der Waals surface area (Å²) in [7, 11) is 0. The van der Waals surface area contributed by atoms with Gasteiger partial charge in [0.15, 0.2) is 10.8 Å². The molecule has 4 rings (SSSR count). The SMILES string of the molecule is CCCCC(=O)N1CCN(c2nc3c(s2)c(C)nn3-c2ccc(C)cc2)CC1. The minimum Gasteiger partial charge on any atom is -0.344 e. The van der Waals surface area contributed by atoms with Crippen LogP contribution in [0.5, 0.6) is 0 Å². The Morgan fingerprint density at radius 1 is 1.11 bits per heavy atom. The summed E-state index contributed by atoms with van der Waals surface area (Å²) in [5.41, 5.74) is 4.19. The average Bonchev–Trinajstić information content (AvgIpc) is 3.28. The molecule has 0 N–H and O–H groups in total. The Labute approximate surface area is 169 Å². The van der Waals surface area contributed by atoms with E-state index in [0.29, 0.717) is 6.42 Å². The van der Waals surface area contributed by atoms with Gasteiger partial charge in [-0.2, -0.15) is 10.1 Å². The number of carbonyl (C=O) groups is 1. The molecule has 6 nitrogen and oxygen atoms in total. The lowest BCUT2D eigenvalue weighted by atomic mass is 10.2. The monoisotopic (exact) mass is 397 g/mol. The number of unbranched alkanes of at least 4 members (excludes halogenated alkanes) is 1. The maximum Gasteiger partial charge on any atom is 0.222 e. The predicted molar refractivity (Wildman–Crippen MR) is 115 cm³/mol. The number of aromatic nitrogens is 3. The maximum atomic E-state index is 12.3. The molecule has 148 valence electrons. The molecular weight excluding hydrogens is 370 g/mol. The predicted octanol–water partition coefficient (Wildman–Crippen LogP) is 3.94. The fourth-order valence-electron chi connectivity index (χ4n) is 3.56. The fourth-order valence-corrected chi connectivity index (χ4v) is 4.60. The number of fused-ring (bicyclic) bond motifs is 1. The molecule has 0 bridgehead atoms. The number of piperazine rings is 1. The quantitative estimate of drug-likeness (QED) is 0.654. The summed E-state index contributed by atoms with van der Waals surface area (Å²) < 4.78 is 3.08. The first-order valence-corrected chi connectivity index (χ1v) is 10.8. The van der Waals surface area contributed by atoms with E-state index in [1.165, 1.54) is 5.56 Å². The first-order valence-electron chi connectivity index (χ1n) is 10.0. The molecule has 0 aliphatic carbocycles. The zero-order valence-corrected chi connectivity index (χ0v) is 17.6. The second-order valence-corrected chi connectivity index (χ2v) is 8.43.